The minimum absolute atomic E-state index is 1.06. The highest BCUT2D eigenvalue weighted by Gasteiger charge is 2.08. The molecule has 2 heteroatoms. The smallest absolute Gasteiger partial charge is 0.116 e. The first-order valence-corrected chi connectivity index (χ1v) is 5.35. The standard InChI is InChI=1S/C13H16N2/c1-5-11-6-12-13(9(3)8(11)2)10(4)14-7-15-12/h6-7H,5H2,1-4H3. The maximum atomic E-state index is 4.34. The summed E-state index contributed by atoms with van der Waals surface area (Å²) >= 11 is 0. The summed E-state index contributed by atoms with van der Waals surface area (Å²) in [6.45, 7) is 8.57. The molecule has 15 heavy (non-hydrogen) atoms. The van der Waals surface area contributed by atoms with Crippen LogP contribution in [-0.2, 0) is 6.42 Å². The SMILES string of the molecule is CCc1cc2ncnc(C)c2c(C)c1C. The van der Waals surface area contributed by atoms with Gasteiger partial charge in [-0.3, -0.25) is 0 Å². The third-order valence-corrected chi connectivity index (χ3v) is 3.18. The molecule has 0 unspecified atom stereocenters. The molecule has 78 valence electrons. The van der Waals surface area contributed by atoms with E-state index in [9.17, 15) is 0 Å². The average Bonchev–Trinajstić information content (AvgIpc) is 2.23. The highest BCUT2D eigenvalue weighted by atomic mass is 14.8. The van der Waals surface area contributed by atoms with E-state index in [1.165, 1.54) is 22.1 Å². The van der Waals surface area contributed by atoms with Gasteiger partial charge in [0, 0.05) is 11.1 Å². The van der Waals surface area contributed by atoms with Gasteiger partial charge < -0.3 is 0 Å². The van der Waals surface area contributed by atoms with Crippen LogP contribution in [0.1, 0.15) is 29.3 Å². The number of aromatic nitrogens is 2. The molecular formula is C13H16N2. The van der Waals surface area contributed by atoms with Crippen LogP contribution in [0.5, 0.6) is 0 Å². The molecule has 0 fully saturated rings. The van der Waals surface area contributed by atoms with Gasteiger partial charge in [0.25, 0.3) is 0 Å². The normalized spacial score (nSPS) is 10.9. The molecule has 1 heterocycles. The van der Waals surface area contributed by atoms with Crippen molar-refractivity contribution in [2.45, 2.75) is 34.1 Å². The number of hydrogen-bond donors (Lipinski definition) is 0. The number of aryl methyl sites for hydroxylation is 3. The third-order valence-electron chi connectivity index (χ3n) is 3.18. The Balaban J connectivity index is 2.91. The van der Waals surface area contributed by atoms with Crippen LogP contribution in [-0.4, -0.2) is 9.97 Å². The van der Waals surface area contributed by atoms with E-state index in [4.69, 9.17) is 0 Å². The molecule has 0 aliphatic carbocycles. The van der Waals surface area contributed by atoms with Gasteiger partial charge >= 0.3 is 0 Å². The zero-order valence-corrected chi connectivity index (χ0v) is 9.76. The molecule has 0 radical (unpaired) electrons. The lowest BCUT2D eigenvalue weighted by atomic mass is 9.96. The van der Waals surface area contributed by atoms with E-state index in [1.54, 1.807) is 6.33 Å². The van der Waals surface area contributed by atoms with Crippen molar-refractivity contribution in [1.29, 1.82) is 0 Å². The quantitative estimate of drug-likeness (QED) is 0.706. The topological polar surface area (TPSA) is 25.8 Å². The Kier molecular flexibility index (Phi) is 2.43. The number of hydrogen-bond acceptors (Lipinski definition) is 2. The largest absolute Gasteiger partial charge is 0.241 e. The van der Waals surface area contributed by atoms with Crippen LogP contribution in [0.3, 0.4) is 0 Å². The van der Waals surface area contributed by atoms with E-state index < -0.39 is 0 Å². The summed E-state index contributed by atoms with van der Waals surface area (Å²) < 4.78 is 0. The van der Waals surface area contributed by atoms with Crippen LogP contribution in [0.25, 0.3) is 10.9 Å². The lowest BCUT2D eigenvalue weighted by Crippen LogP contribution is -1.96. The minimum Gasteiger partial charge on any atom is -0.241 e. The van der Waals surface area contributed by atoms with Gasteiger partial charge in [-0.2, -0.15) is 0 Å². The van der Waals surface area contributed by atoms with Crippen molar-refractivity contribution in [2.75, 3.05) is 0 Å². The molecule has 0 bridgehead atoms. The molecule has 0 atom stereocenters. The third kappa shape index (κ3) is 1.50. The predicted molar refractivity (Wildman–Crippen MR) is 63.1 cm³/mol. The summed E-state index contributed by atoms with van der Waals surface area (Å²) in [6.07, 6.45) is 2.71. The summed E-state index contributed by atoms with van der Waals surface area (Å²) in [6, 6.07) is 2.19. The first-order chi connectivity index (χ1) is 7.15. The van der Waals surface area contributed by atoms with E-state index >= 15 is 0 Å². The van der Waals surface area contributed by atoms with E-state index in [2.05, 4.69) is 36.8 Å². The second-order valence-corrected chi connectivity index (χ2v) is 3.99. The summed E-state index contributed by atoms with van der Waals surface area (Å²) in [7, 11) is 0. The Morgan fingerprint density at radius 3 is 2.47 bits per heavy atom. The van der Waals surface area contributed by atoms with E-state index in [-0.39, 0.29) is 0 Å². The van der Waals surface area contributed by atoms with E-state index in [0.29, 0.717) is 0 Å². The second kappa shape index (κ2) is 3.61. The maximum Gasteiger partial charge on any atom is 0.116 e. The van der Waals surface area contributed by atoms with Crippen molar-refractivity contribution >= 4 is 10.9 Å². The molecule has 2 nitrogen and oxygen atoms in total. The molecule has 0 saturated heterocycles. The predicted octanol–water partition coefficient (Wildman–Crippen LogP) is 3.12. The molecule has 2 rings (SSSR count). The molecule has 1 aromatic heterocycles. The van der Waals surface area contributed by atoms with Gasteiger partial charge in [-0.1, -0.05) is 6.92 Å². The zero-order valence-electron chi connectivity index (χ0n) is 9.76. The monoisotopic (exact) mass is 200 g/mol. The van der Waals surface area contributed by atoms with Crippen molar-refractivity contribution < 1.29 is 0 Å². The molecule has 0 amide bonds. The van der Waals surface area contributed by atoms with Gasteiger partial charge in [0.15, 0.2) is 0 Å². The fraction of sp³-hybridized carbons (Fsp3) is 0.385. The summed E-state index contributed by atoms with van der Waals surface area (Å²) in [5.74, 6) is 0. The van der Waals surface area contributed by atoms with Gasteiger partial charge in [0.1, 0.15) is 6.33 Å². The molecule has 0 aliphatic rings. The molecule has 0 N–H and O–H groups in total. The first-order valence-electron chi connectivity index (χ1n) is 5.35. The van der Waals surface area contributed by atoms with Gasteiger partial charge in [-0.25, -0.2) is 9.97 Å². The van der Waals surface area contributed by atoms with Gasteiger partial charge in [0.2, 0.25) is 0 Å². The van der Waals surface area contributed by atoms with Crippen LogP contribution >= 0.6 is 0 Å². The fourth-order valence-corrected chi connectivity index (χ4v) is 2.13. The number of fused-ring (bicyclic) bond motifs is 1. The Hall–Kier alpha value is -1.44. The lowest BCUT2D eigenvalue weighted by Gasteiger charge is -2.11. The van der Waals surface area contributed by atoms with E-state index in [0.717, 1.165) is 17.6 Å². The number of nitrogens with zero attached hydrogens (tertiary/aromatic N) is 2. The Labute approximate surface area is 90.4 Å². The van der Waals surface area contributed by atoms with Crippen molar-refractivity contribution in [3.63, 3.8) is 0 Å². The highest BCUT2D eigenvalue weighted by Crippen LogP contribution is 2.25. The number of rotatable bonds is 1. The van der Waals surface area contributed by atoms with Crippen molar-refractivity contribution in [2.24, 2.45) is 0 Å². The Bertz CT molecular complexity index is 515. The van der Waals surface area contributed by atoms with Gasteiger partial charge in [-0.05, 0) is 49.9 Å². The highest BCUT2D eigenvalue weighted by molar-refractivity contribution is 5.86. The Morgan fingerprint density at radius 2 is 1.80 bits per heavy atom. The van der Waals surface area contributed by atoms with Gasteiger partial charge in [-0.15, -0.1) is 0 Å². The molecule has 1 aromatic carbocycles. The minimum atomic E-state index is 1.06. The van der Waals surface area contributed by atoms with Crippen LogP contribution in [0, 0.1) is 20.8 Å². The first kappa shape index (κ1) is 10.1. The molecule has 2 aromatic rings. The number of benzene rings is 1. The van der Waals surface area contributed by atoms with Crippen molar-refractivity contribution in [3.05, 3.63) is 34.8 Å². The van der Waals surface area contributed by atoms with Gasteiger partial charge in [0.05, 0.1) is 5.52 Å². The molecular weight excluding hydrogens is 184 g/mol. The van der Waals surface area contributed by atoms with Crippen LogP contribution in [0.15, 0.2) is 12.4 Å². The zero-order chi connectivity index (χ0) is 11.0. The second-order valence-electron chi connectivity index (χ2n) is 3.99. The lowest BCUT2D eigenvalue weighted by molar-refractivity contribution is 1.08. The van der Waals surface area contributed by atoms with Crippen molar-refractivity contribution in [3.8, 4) is 0 Å². The summed E-state index contributed by atoms with van der Waals surface area (Å²) in [5.41, 5.74) is 6.23. The maximum absolute atomic E-state index is 4.34. The van der Waals surface area contributed by atoms with E-state index in [1.807, 2.05) is 6.92 Å². The molecule has 0 spiro atoms. The Morgan fingerprint density at radius 1 is 1.07 bits per heavy atom. The summed E-state index contributed by atoms with van der Waals surface area (Å²) in [4.78, 5) is 8.60. The molecule has 0 aliphatic heterocycles. The fourth-order valence-electron chi connectivity index (χ4n) is 2.13. The van der Waals surface area contributed by atoms with Crippen LogP contribution < -0.4 is 0 Å². The average molecular weight is 200 g/mol. The van der Waals surface area contributed by atoms with Crippen LogP contribution in [0.2, 0.25) is 0 Å². The van der Waals surface area contributed by atoms with Crippen LogP contribution in [0.4, 0.5) is 0 Å². The molecule has 0 saturated carbocycles. The van der Waals surface area contributed by atoms with Crippen molar-refractivity contribution in [1.82, 2.24) is 9.97 Å². The summed E-state index contributed by atoms with van der Waals surface area (Å²) in [5, 5.41) is 1.22.